The van der Waals surface area contributed by atoms with E-state index in [1.165, 1.54) is 0 Å². The van der Waals surface area contributed by atoms with E-state index in [2.05, 4.69) is 27.9 Å². The first-order chi connectivity index (χ1) is 16.4. The summed E-state index contributed by atoms with van der Waals surface area (Å²) < 4.78 is 12.8. The molecule has 8 nitrogen and oxygen atoms in total. The minimum Gasteiger partial charge on any atom is -0.482 e. The van der Waals surface area contributed by atoms with Crippen molar-refractivity contribution in [1.29, 1.82) is 0 Å². The van der Waals surface area contributed by atoms with Gasteiger partial charge in [0.15, 0.2) is 0 Å². The van der Waals surface area contributed by atoms with Crippen LogP contribution in [-0.4, -0.2) is 77.6 Å². The van der Waals surface area contributed by atoms with E-state index in [-0.39, 0.29) is 37.5 Å². The SMILES string of the molecule is CCCCC(=O)N(CC1CCCO1)C1CC(C(=O)NCCO)=CC(Oc2ccccc2I)C1O. The number of hydrogen-bond donors (Lipinski definition) is 3. The maximum absolute atomic E-state index is 13.3. The maximum atomic E-state index is 13.3. The molecule has 9 heteroatoms. The van der Waals surface area contributed by atoms with Crippen LogP contribution >= 0.6 is 22.6 Å². The molecule has 0 radical (unpaired) electrons. The largest absolute Gasteiger partial charge is 0.482 e. The van der Waals surface area contributed by atoms with Crippen LogP contribution < -0.4 is 10.1 Å². The van der Waals surface area contributed by atoms with Gasteiger partial charge in [0.2, 0.25) is 11.8 Å². The molecule has 0 saturated carbocycles. The number of para-hydroxylation sites is 1. The average molecular weight is 586 g/mol. The highest BCUT2D eigenvalue weighted by molar-refractivity contribution is 14.1. The lowest BCUT2D eigenvalue weighted by Gasteiger charge is -2.41. The number of nitrogens with zero attached hydrogens (tertiary/aromatic N) is 1. The number of hydrogen-bond acceptors (Lipinski definition) is 6. The Morgan fingerprint density at radius 3 is 2.79 bits per heavy atom. The molecule has 1 aromatic rings. The van der Waals surface area contributed by atoms with Gasteiger partial charge in [0.05, 0.1) is 22.3 Å². The predicted octanol–water partition coefficient (Wildman–Crippen LogP) is 2.40. The van der Waals surface area contributed by atoms with Crippen LogP contribution in [0.1, 0.15) is 45.4 Å². The average Bonchev–Trinajstić information content (AvgIpc) is 3.35. The van der Waals surface area contributed by atoms with Crippen LogP contribution in [-0.2, 0) is 14.3 Å². The minimum absolute atomic E-state index is 0.0496. The Balaban J connectivity index is 1.90. The number of aliphatic hydroxyl groups is 2. The summed E-state index contributed by atoms with van der Waals surface area (Å²) in [6.45, 7) is 3.03. The number of carbonyl (C=O) groups is 2. The van der Waals surface area contributed by atoms with Crippen LogP contribution in [0.5, 0.6) is 5.75 Å². The lowest BCUT2D eigenvalue weighted by Crippen LogP contribution is -2.56. The fourth-order valence-electron chi connectivity index (χ4n) is 4.37. The van der Waals surface area contributed by atoms with E-state index in [4.69, 9.17) is 14.6 Å². The van der Waals surface area contributed by atoms with Gasteiger partial charge in [0, 0.05) is 38.1 Å². The Bertz CT molecular complexity index is 858. The number of aliphatic hydroxyl groups excluding tert-OH is 2. The first-order valence-corrected chi connectivity index (χ1v) is 13.1. The zero-order valence-corrected chi connectivity index (χ0v) is 21.8. The third kappa shape index (κ3) is 7.16. The van der Waals surface area contributed by atoms with Crippen molar-refractivity contribution in [3.05, 3.63) is 39.5 Å². The molecule has 1 aromatic carbocycles. The number of amides is 2. The van der Waals surface area contributed by atoms with Gasteiger partial charge in [-0.15, -0.1) is 0 Å². The van der Waals surface area contributed by atoms with Crippen molar-refractivity contribution in [3.8, 4) is 5.75 Å². The Morgan fingerprint density at radius 2 is 2.12 bits per heavy atom. The van der Waals surface area contributed by atoms with Crippen molar-refractivity contribution in [1.82, 2.24) is 10.2 Å². The van der Waals surface area contributed by atoms with Gasteiger partial charge < -0.3 is 29.9 Å². The zero-order chi connectivity index (χ0) is 24.5. The standard InChI is InChI=1S/C25H35IN2O6/c1-2-3-10-23(30)28(16-18-7-6-13-33-18)20-14-17(25(32)27-11-12-29)15-22(24(20)31)34-21-9-5-4-8-19(21)26/h4-5,8-9,15,18,20,22,24,29,31H,2-3,6-7,10-14,16H2,1H3,(H,27,32). The lowest BCUT2D eigenvalue weighted by molar-refractivity contribution is -0.141. The van der Waals surface area contributed by atoms with E-state index in [0.29, 0.717) is 30.9 Å². The van der Waals surface area contributed by atoms with Crippen molar-refractivity contribution >= 4 is 34.4 Å². The number of rotatable bonds is 11. The highest BCUT2D eigenvalue weighted by atomic mass is 127. The van der Waals surface area contributed by atoms with E-state index in [9.17, 15) is 14.7 Å². The lowest BCUT2D eigenvalue weighted by atomic mass is 9.87. The number of unbranched alkanes of at least 4 members (excludes halogenated alkanes) is 1. The fraction of sp³-hybridized carbons (Fsp3) is 0.600. The molecule has 0 aromatic heterocycles. The molecule has 0 spiro atoms. The molecule has 1 fully saturated rings. The minimum atomic E-state index is -1.02. The number of carbonyl (C=O) groups excluding carboxylic acids is 2. The Labute approximate surface area is 214 Å². The van der Waals surface area contributed by atoms with E-state index >= 15 is 0 Å². The Hall–Kier alpha value is -1.69. The van der Waals surface area contributed by atoms with Crippen LogP contribution in [0, 0.1) is 3.57 Å². The molecule has 0 bridgehead atoms. The molecule has 4 unspecified atom stereocenters. The van der Waals surface area contributed by atoms with Crippen molar-refractivity contribution in [2.75, 3.05) is 26.3 Å². The van der Waals surface area contributed by atoms with E-state index < -0.39 is 18.2 Å². The number of halogens is 1. The first kappa shape index (κ1) is 26.9. The van der Waals surface area contributed by atoms with Crippen LogP contribution in [0.15, 0.2) is 35.9 Å². The quantitative estimate of drug-likeness (QED) is 0.344. The van der Waals surface area contributed by atoms with Crippen molar-refractivity contribution in [2.45, 2.75) is 69.8 Å². The van der Waals surface area contributed by atoms with E-state index in [0.717, 1.165) is 29.3 Å². The summed E-state index contributed by atoms with van der Waals surface area (Å²) in [6, 6.07) is 6.84. The van der Waals surface area contributed by atoms with Crippen LogP contribution in [0.2, 0.25) is 0 Å². The molecule has 2 amide bonds. The molecule has 1 aliphatic carbocycles. The van der Waals surface area contributed by atoms with Gasteiger partial charge in [-0.25, -0.2) is 0 Å². The van der Waals surface area contributed by atoms with Crippen LogP contribution in [0.3, 0.4) is 0 Å². The van der Waals surface area contributed by atoms with Crippen molar-refractivity contribution in [2.24, 2.45) is 0 Å². The normalized spacial score (nSPS) is 24.4. The summed E-state index contributed by atoms with van der Waals surface area (Å²) in [5, 5.41) is 23.2. The third-order valence-electron chi connectivity index (χ3n) is 6.20. The summed E-state index contributed by atoms with van der Waals surface area (Å²) in [5.41, 5.74) is 0.431. The molecule has 1 heterocycles. The van der Waals surface area contributed by atoms with Gasteiger partial charge in [-0.2, -0.15) is 0 Å². The van der Waals surface area contributed by atoms with Gasteiger partial charge in [-0.1, -0.05) is 25.5 Å². The summed E-state index contributed by atoms with van der Waals surface area (Å²) >= 11 is 2.16. The molecule has 1 saturated heterocycles. The second kappa shape index (κ2) is 13.4. The van der Waals surface area contributed by atoms with Gasteiger partial charge in [0.1, 0.15) is 18.0 Å². The topological polar surface area (TPSA) is 108 Å². The molecule has 34 heavy (non-hydrogen) atoms. The number of benzene rings is 1. The van der Waals surface area contributed by atoms with Crippen molar-refractivity contribution in [3.63, 3.8) is 0 Å². The second-order valence-corrected chi connectivity index (χ2v) is 9.89. The van der Waals surface area contributed by atoms with Gasteiger partial charge >= 0.3 is 0 Å². The summed E-state index contributed by atoms with van der Waals surface area (Å²) in [7, 11) is 0. The molecule has 2 aliphatic rings. The fourth-order valence-corrected chi connectivity index (χ4v) is 4.88. The highest BCUT2D eigenvalue weighted by Gasteiger charge is 2.41. The van der Waals surface area contributed by atoms with Gasteiger partial charge in [0.25, 0.3) is 0 Å². The summed E-state index contributed by atoms with van der Waals surface area (Å²) in [6.07, 6.45) is 3.77. The van der Waals surface area contributed by atoms with Crippen LogP contribution in [0.25, 0.3) is 0 Å². The number of ether oxygens (including phenoxy) is 2. The van der Waals surface area contributed by atoms with E-state index in [1.807, 2.05) is 31.2 Å². The molecular formula is C25H35IN2O6. The van der Waals surface area contributed by atoms with Gasteiger partial charge in [-0.3, -0.25) is 9.59 Å². The Morgan fingerprint density at radius 1 is 1.32 bits per heavy atom. The summed E-state index contributed by atoms with van der Waals surface area (Å²) in [5.74, 6) is 0.217. The smallest absolute Gasteiger partial charge is 0.247 e. The van der Waals surface area contributed by atoms with E-state index in [1.54, 1.807) is 11.0 Å². The molecule has 3 rings (SSSR count). The molecule has 3 N–H and O–H groups in total. The predicted molar refractivity (Wildman–Crippen MR) is 136 cm³/mol. The molecule has 188 valence electrons. The van der Waals surface area contributed by atoms with Crippen molar-refractivity contribution < 1.29 is 29.3 Å². The zero-order valence-electron chi connectivity index (χ0n) is 19.6. The number of nitrogens with one attached hydrogen (secondary N) is 1. The third-order valence-corrected chi connectivity index (χ3v) is 7.09. The molecule has 4 atom stereocenters. The molecular weight excluding hydrogens is 551 g/mol. The first-order valence-electron chi connectivity index (χ1n) is 12.0. The molecule has 1 aliphatic heterocycles. The highest BCUT2D eigenvalue weighted by Crippen LogP contribution is 2.31. The summed E-state index contributed by atoms with van der Waals surface area (Å²) in [4.78, 5) is 27.8. The maximum Gasteiger partial charge on any atom is 0.247 e. The monoisotopic (exact) mass is 586 g/mol. The van der Waals surface area contributed by atoms with Gasteiger partial charge in [-0.05, 0) is 60.1 Å². The second-order valence-electron chi connectivity index (χ2n) is 8.73. The van der Waals surface area contributed by atoms with Crippen LogP contribution in [0.4, 0.5) is 0 Å². The Kier molecular flexibility index (Phi) is 10.6.